The Bertz CT molecular complexity index is 323. The van der Waals surface area contributed by atoms with Crippen LogP contribution in [0.15, 0.2) is 11.6 Å². The van der Waals surface area contributed by atoms with Crippen LogP contribution in [0.3, 0.4) is 0 Å². The summed E-state index contributed by atoms with van der Waals surface area (Å²) in [5.41, 5.74) is 0. The van der Waals surface area contributed by atoms with Gasteiger partial charge in [-0.3, -0.25) is 0 Å². The number of aromatic nitrogens is 1. The van der Waals surface area contributed by atoms with Crippen LogP contribution in [-0.4, -0.2) is 30.3 Å². The molecule has 0 aliphatic heterocycles. The van der Waals surface area contributed by atoms with Crippen molar-refractivity contribution in [3.63, 3.8) is 0 Å². The second-order valence-electron chi connectivity index (χ2n) is 5.04. The summed E-state index contributed by atoms with van der Waals surface area (Å²) in [5, 5.41) is 6.91. The maximum atomic E-state index is 5.62. The summed E-state index contributed by atoms with van der Waals surface area (Å²) in [7, 11) is 0. The molecule has 1 N–H and O–H groups in total. The summed E-state index contributed by atoms with van der Waals surface area (Å²) in [6, 6.07) is 0.578. The maximum Gasteiger partial charge on any atom is 0.0940 e. The van der Waals surface area contributed by atoms with Crippen molar-refractivity contribution in [2.24, 2.45) is 5.92 Å². The number of hydrogen-bond donors (Lipinski definition) is 1. The molecule has 0 aromatic carbocycles. The molecule has 1 heterocycles. The van der Waals surface area contributed by atoms with Crippen LogP contribution in [0.2, 0.25) is 0 Å². The predicted octanol–water partition coefficient (Wildman–Crippen LogP) is 2.87. The third kappa shape index (κ3) is 4.04. The highest BCUT2D eigenvalue weighted by Gasteiger charge is 2.31. The molecule has 0 bridgehead atoms. The highest BCUT2D eigenvalue weighted by atomic mass is 32.1. The first-order valence-corrected chi connectivity index (χ1v) is 7.93. The van der Waals surface area contributed by atoms with Crippen molar-refractivity contribution >= 4 is 11.3 Å². The Labute approximate surface area is 114 Å². The third-order valence-electron chi connectivity index (χ3n) is 3.61. The van der Waals surface area contributed by atoms with Gasteiger partial charge in [-0.1, -0.05) is 6.92 Å². The molecule has 1 aromatic rings. The summed E-state index contributed by atoms with van der Waals surface area (Å²) in [6.45, 7) is 6.15. The van der Waals surface area contributed by atoms with Gasteiger partial charge in [0.15, 0.2) is 0 Å². The lowest BCUT2D eigenvalue weighted by atomic mass is 9.78. The van der Waals surface area contributed by atoms with Crippen molar-refractivity contribution in [3.8, 4) is 0 Å². The molecular formula is C14H24N2OS. The minimum Gasteiger partial charge on any atom is -0.378 e. The number of hydrogen-bond acceptors (Lipinski definition) is 4. The van der Waals surface area contributed by atoms with Gasteiger partial charge in [0, 0.05) is 30.6 Å². The molecule has 0 radical (unpaired) electrons. The zero-order valence-corrected chi connectivity index (χ0v) is 12.2. The zero-order chi connectivity index (χ0) is 12.8. The molecule has 1 fully saturated rings. The molecule has 102 valence electrons. The van der Waals surface area contributed by atoms with Gasteiger partial charge in [-0.2, -0.15) is 0 Å². The van der Waals surface area contributed by atoms with Gasteiger partial charge < -0.3 is 10.1 Å². The Morgan fingerprint density at radius 3 is 2.94 bits per heavy atom. The van der Waals surface area contributed by atoms with Crippen molar-refractivity contribution < 1.29 is 4.74 Å². The van der Waals surface area contributed by atoms with Gasteiger partial charge in [0.1, 0.15) is 0 Å². The Balaban J connectivity index is 1.73. The Morgan fingerprint density at radius 2 is 2.33 bits per heavy atom. The van der Waals surface area contributed by atoms with Crippen molar-refractivity contribution in [1.29, 1.82) is 0 Å². The van der Waals surface area contributed by atoms with Crippen LogP contribution in [0.1, 0.15) is 38.1 Å². The number of nitrogens with zero attached hydrogens (tertiary/aromatic N) is 1. The highest BCUT2D eigenvalue weighted by molar-refractivity contribution is 7.09. The predicted molar refractivity (Wildman–Crippen MR) is 76.0 cm³/mol. The van der Waals surface area contributed by atoms with E-state index < -0.39 is 0 Å². The number of ether oxygens (including phenoxy) is 1. The van der Waals surface area contributed by atoms with Crippen LogP contribution in [0.5, 0.6) is 0 Å². The van der Waals surface area contributed by atoms with Gasteiger partial charge >= 0.3 is 0 Å². The van der Waals surface area contributed by atoms with Crippen molar-refractivity contribution in [2.75, 3.05) is 13.2 Å². The number of nitrogens with one attached hydrogen (secondary N) is 1. The molecule has 2 rings (SSSR count). The van der Waals surface area contributed by atoms with Crippen LogP contribution in [-0.2, 0) is 11.2 Å². The molecule has 0 saturated heterocycles. The van der Waals surface area contributed by atoms with E-state index in [1.54, 1.807) is 11.3 Å². The average Bonchev–Trinajstić information content (AvgIpc) is 2.79. The maximum absolute atomic E-state index is 5.62. The first-order valence-electron chi connectivity index (χ1n) is 7.05. The van der Waals surface area contributed by atoms with E-state index in [1.165, 1.54) is 24.3 Å². The first kappa shape index (κ1) is 14.0. The molecule has 18 heavy (non-hydrogen) atoms. The third-order valence-corrected chi connectivity index (χ3v) is 4.41. The van der Waals surface area contributed by atoms with E-state index in [4.69, 9.17) is 4.74 Å². The summed E-state index contributed by atoms with van der Waals surface area (Å²) in [5.74, 6) is 0.838. The number of likely N-dealkylation sites (N-methyl/N-ethyl adjacent to an activating group) is 1. The van der Waals surface area contributed by atoms with E-state index in [1.807, 2.05) is 6.20 Å². The molecule has 1 aromatic heterocycles. The quantitative estimate of drug-likeness (QED) is 0.787. The van der Waals surface area contributed by atoms with Crippen LogP contribution in [0.25, 0.3) is 0 Å². The smallest absolute Gasteiger partial charge is 0.0940 e. The molecule has 1 saturated carbocycles. The molecular weight excluding hydrogens is 244 g/mol. The van der Waals surface area contributed by atoms with Gasteiger partial charge in [0.05, 0.1) is 11.1 Å². The van der Waals surface area contributed by atoms with E-state index >= 15 is 0 Å². The van der Waals surface area contributed by atoms with E-state index in [9.17, 15) is 0 Å². The molecule has 1 aliphatic carbocycles. The van der Waals surface area contributed by atoms with E-state index in [0.717, 1.165) is 25.5 Å². The van der Waals surface area contributed by atoms with E-state index in [0.29, 0.717) is 12.1 Å². The van der Waals surface area contributed by atoms with Crippen molar-refractivity contribution in [1.82, 2.24) is 10.3 Å². The molecule has 1 aliphatic rings. The summed E-state index contributed by atoms with van der Waals surface area (Å²) < 4.78 is 5.62. The standard InChI is InChI=1S/C14H24N2OS/c1-3-15-12(10-14-16-5-6-18-14)7-11-8-13(9-11)17-4-2/h5-6,11-13,15H,3-4,7-10H2,1-2H3. The molecule has 4 heteroatoms. The minimum atomic E-state index is 0.530. The summed E-state index contributed by atoms with van der Waals surface area (Å²) >= 11 is 1.76. The van der Waals surface area contributed by atoms with Crippen LogP contribution < -0.4 is 5.32 Å². The molecule has 0 spiro atoms. The second-order valence-corrected chi connectivity index (χ2v) is 6.01. The number of rotatable bonds is 8. The van der Waals surface area contributed by atoms with Crippen molar-refractivity contribution in [3.05, 3.63) is 16.6 Å². The monoisotopic (exact) mass is 268 g/mol. The average molecular weight is 268 g/mol. The Kier molecular flexibility index (Phi) is 5.60. The highest BCUT2D eigenvalue weighted by Crippen LogP contribution is 2.34. The van der Waals surface area contributed by atoms with E-state index in [-0.39, 0.29) is 0 Å². The zero-order valence-electron chi connectivity index (χ0n) is 11.4. The minimum absolute atomic E-state index is 0.530. The molecule has 3 nitrogen and oxygen atoms in total. The van der Waals surface area contributed by atoms with E-state index in [2.05, 4.69) is 29.5 Å². The lowest BCUT2D eigenvalue weighted by molar-refractivity contribution is -0.0289. The van der Waals surface area contributed by atoms with Gasteiger partial charge in [-0.05, 0) is 38.6 Å². The molecule has 1 unspecified atom stereocenters. The Hall–Kier alpha value is -0.450. The lowest BCUT2D eigenvalue weighted by Crippen LogP contribution is -2.39. The normalized spacial score (nSPS) is 24.8. The van der Waals surface area contributed by atoms with Gasteiger partial charge in [-0.15, -0.1) is 11.3 Å². The topological polar surface area (TPSA) is 34.2 Å². The first-order chi connectivity index (χ1) is 8.81. The van der Waals surface area contributed by atoms with Crippen LogP contribution in [0.4, 0.5) is 0 Å². The van der Waals surface area contributed by atoms with Gasteiger partial charge in [0.25, 0.3) is 0 Å². The lowest BCUT2D eigenvalue weighted by Gasteiger charge is -2.37. The fourth-order valence-corrected chi connectivity index (χ4v) is 3.43. The van der Waals surface area contributed by atoms with Gasteiger partial charge in [-0.25, -0.2) is 4.98 Å². The number of thiazole rings is 1. The van der Waals surface area contributed by atoms with Crippen LogP contribution in [0, 0.1) is 5.92 Å². The van der Waals surface area contributed by atoms with Gasteiger partial charge in [0.2, 0.25) is 0 Å². The SMILES string of the molecule is CCNC(Cc1nccs1)CC1CC(OCC)C1. The fourth-order valence-electron chi connectivity index (χ4n) is 2.73. The summed E-state index contributed by atoms with van der Waals surface area (Å²) in [6.07, 6.45) is 7.25. The summed E-state index contributed by atoms with van der Waals surface area (Å²) in [4.78, 5) is 4.39. The molecule has 0 amide bonds. The fraction of sp³-hybridized carbons (Fsp3) is 0.786. The van der Waals surface area contributed by atoms with Crippen molar-refractivity contribution in [2.45, 2.75) is 51.7 Å². The van der Waals surface area contributed by atoms with Crippen LogP contribution >= 0.6 is 11.3 Å². The molecule has 1 atom stereocenters. The Morgan fingerprint density at radius 1 is 1.50 bits per heavy atom. The second kappa shape index (κ2) is 7.22. The largest absolute Gasteiger partial charge is 0.378 e.